The van der Waals surface area contributed by atoms with Crippen LogP contribution >= 0.6 is 0 Å². The van der Waals surface area contributed by atoms with Crippen molar-refractivity contribution in [2.24, 2.45) is 0 Å². The molecule has 0 aliphatic carbocycles. The van der Waals surface area contributed by atoms with Crippen molar-refractivity contribution in [2.45, 2.75) is 32.2 Å². The summed E-state index contributed by atoms with van der Waals surface area (Å²) in [5.74, 6) is 7.89. The molecule has 0 bridgehead atoms. The SMILES string of the molecule is CCc1ncnc(N2CCC(NC)CC2)c1C#Cc1ccc(N)nc1. The molecule has 0 unspecified atom stereocenters. The molecule has 1 aliphatic heterocycles. The first kappa shape index (κ1) is 17.2. The monoisotopic (exact) mass is 336 g/mol. The predicted octanol–water partition coefficient (Wildman–Crippen LogP) is 1.60. The van der Waals surface area contributed by atoms with Gasteiger partial charge in [-0.2, -0.15) is 0 Å². The Hall–Kier alpha value is -2.65. The highest BCUT2D eigenvalue weighted by Crippen LogP contribution is 2.23. The van der Waals surface area contributed by atoms with Gasteiger partial charge in [0.15, 0.2) is 0 Å². The Morgan fingerprint density at radius 2 is 2.00 bits per heavy atom. The smallest absolute Gasteiger partial charge is 0.148 e. The first-order valence-electron chi connectivity index (χ1n) is 8.71. The van der Waals surface area contributed by atoms with Gasteiger partial charge in [0.25, 0.3) is 0 Å². The average molecular weight is 336 g/mol. The summed E-state index contributed by atoms with van der Waals surface area (Å²) in [5.41, 5.74) is 8.37. The van der Waals surface area contributed by atoms with Gasteiger partial charge in [0.2, 0.25) is 0 Å². The summed E-state index contributed by atoms with van der Waals surface area (Å²) < 4.78 is 0. The van der Waals surface area contributed by atoms with Gasteiger partial charge in [0.05, 0.1) is 11.3 Å². The maximum Gasteiger partial charge on any atom is 0.148 e. The molecule has 1 aliphatic rings. The Morgan fingerprint density at radius 1 is 1.20 bits per heavy atom. The second-order valence-electron chi connectivity index (χ2n) is 6.14. The van der Waals surface area contributed by atoms with E-state index in [4.69, 9.17) is 5.73 Å². The zero-order valence-electron chi connectivity index (χ0n) is 14.8. The molecule has 6 heteroatoms. The second kappa shape index (κ2) is 7.95. The molecule has 0 saturated carbocycles. The van der Waals surface area contributed by atoms with Crippen LogP contribution in [0.5, 0.6) is 0 Å². The van der Waals surface area contributed by atoms with Crippen LogP contribution in [0.4, 0.5) is 11.6 Å². The molecule has 0 radical (unpaired) electrons. The Labute approximate surface area is 148 Å². The van der Waals surface area contributed by atoms with Crippen molar-refractivity contribution < 1.29 is 0 Å². The lowest BCUT2D eigenvalue weighted by Gasteiger charge is -2.33. The van der Waals surface area contributed by atoms with Crippen LogP contribution in [-0.4, -0.2) is 41.1 Å². The molecule has 2 aromatic rings. The van der Waals surface area contributed by atoms with Gasteiger partial charge in [-0.15, -0.1) is 0 Å². The predicted molar refractivity (Wildman–Crippen MR) is 100 cm³/mol. The molecule has 1 fully saturated rings. The minimum Gasteiger partial charge on any atom is -0.384 e. The molecule has 0 spiro atoms. The molecule has 0 atom stereocenters. The fourth-order valence-corrected chi connectivity index (χ4v) is 3.04. The number of hydrogen-bond donors (Lipinski definition) is 2. The summed E-state index contributed by atoms with van der Waals surface area (Å²) in [6.45, 7) is 4.04. The molecular weight excluding hydrogens is 312 g/mol. The average Bonchev–Trinajstić information content (AvgIpc) is 2.67. The summed E-state index contributed by atoms with van der Waals surface area (Å²) in [7, 11) is 2.03. The molecule has 0 amide bonds. The standard InChI is InChI=1S/C19H24N6/c1-3-17-16(6-4-14-5-7-18(20)22-12-14)19(24-13-23-17)25-10-8-15(21-2)9-11-25/h5,7,12-13,15,21H,3,8-11H2,1-2H3,(H2,20,22). The summed E-state index contributed by atoms with van der Waals surface area (Å²) in [5, 5.41) is 3.36. The summed E-state index contributed by atoms with van der Waals surface area (Å²) in [4.78, 5) is 15.4. The molecular formula is C19H24N6. The second-order valence-corrected chi connectivity index (χ2v) is 6.14. The Kier molecular flexibility index (Phi) is 5.46. The summed E-state index contributed by atoms with van der Waals surface area (Å²) in [6, 6.07) is 4.22. The molecule has 1 saturated heterocycles. The number of pyridine rings is 1. The number of nitrogens with zero attached hydrogens (tertiary/aromatic N) is 4. The number of anilines is 2. The van der Waals surface area contributed by atoms with E-state index in [-0.39, 0.29) is 0 Å². The normalized spacial score (nSPS) is 14.9. The van der Waals surface area contributed by atoms with E-state index in [0.717, 1.165) is 55.0 Å². The third-order valence-corrected chi connectivity index (χ3v) is 4.56. The first-order chi connectivity index (χ1) is 12.2. The van der Waals surface area contributed by atoms with E-state index in [2.05, 4.69) is 43.9 Å². The van der Waals surface area contributed by atoms with Crippen LogP contribution in [0.3, 0.4) is 0 Å². The zero-order valence-corrected chi connectivity index (χ0v) is 14.8. The minimum absolute atomic E-state index is 0.496. The van der Waals surface area contributed by atoms with Gasteiger partial charge in [-0.1, -0.05) is 18.8 Å². The number of hydrogen-bond acceptors (Lipinski definition) is 6. The van der Waals surface area contributed by atoms with Crippen molar-refractivity contribution in [1.29, 1.82) is 0 Å². The van der Waals surface area contributed by atoms with Crippen molar-refractivity contribution in [2.75, 3.05) is 30.8 Å². The van der Waals surface area contributed by atoms with Crippen molar-refractivity contribution in [3.63, 3.8) is 0 Å². The molecule has 2 aromatic heterocycles. The van der Waals surface area contributed by atoms with E-state index in [1.165, 1.54) is 0 Å². The minimum atomic E-state index is 0.496. The Bertz CT molecular complexity index is 767. The largest absolute Gasteiger partial charge is 0.384 e. The van der Waals surface area contributed by atoms with Crippen LogP contribution in [0, 0.1) is 11.8 Å². The van der Waals surface area contributed by atoms with Crippen molar-refractivity contribution in [1.82, 2.24) is 20.3 Å². The van der Waals surface area contributed by atoms with Gasteiger partial charge in [-0.25, -0.2) is 15.0 Å². The number of piperidine rings is 1. The van der Waals surface area contributed by atoms with E-state index >= 15 is 0 Å². The first-order valence-corrected chi connectivity index (χ1v) is 8.71. The maximum atomic E-state index is 5.63. The molecule has 3 N–H and O–H groups in total. The van der Waals surface area contributed by atoms with E-state index in [1.54, 1.807) is 18.6 Å². The van der Waals surface area contributed by atoms with Crippen LogP contribution in [-0.2, 0) is 6.42 Å². The maximum absolute atomic E-state index is 5.63. The van der Waals surface area contributed by atoms with E-state index in [1.807, 2.05) is 13.1 Å². The van der Waals surface area contributed by atoms with Crippen LogP contribution < -0.4 is 16.0 Å². The number of nitrogen functional groups attached to an aromatic ring is 1. The topological polar surface area (TPSA) is 80.0 Å². The lowest BCUT2D eigenvalue weighted by molar-refractivity contribution is 0.440. The summed E-state index contributed by atoms with van der Waals surface area (Å²) >= 11 is 0. The molecule has 6 nitrogen and oxygen atoms in total. The van der Waals surface area contributed by atoms with Gasteiger partial charge in [0.1, 0.15) is 18.0 Å². The van der Waals surface area contributed by atoms with Crippen LogP contribution in [0.2, 0.25) is 0 Å². The highest BCUT2D eigenvalue weighted by molar-refractivity contribution is 5.59. The lowest BCUT2D eigenvalue weighted by atomic mass is 10.0. The number of nitrogens with two attached hydrogens (primary N) is 1. The van der Waals surface area contributed by atoms with E-state index < -0.39 is 0 Å². The number of rotatable bonds is 3. The number of aromatic nitrogens is 3. The highest BCUT2D eigenvalue weighted by Gasteiger charge is 2.21. The quantitative estimate of drug-likeness (QED) is 0.829. The third kappa shape index (κ3) is 4.06. The van der Waals surface area contributed by atoms with Gasteiger partial charge in [-0.05, 0) is 38.4 Å². The van der Waals surface area contributed by atoms with Gasteiger partial charge in [0, 0.05) is 30.9 Å². The fraction of sp³-hybridized carbons (Fsp3) is 0.421. The highest BCUT2D eigenvalue weighted by atomic mass is 15.2. The molecule has 3 heterocycles. The number of aryl methyl sites for hydroxylation is 1. The van der Waals surface area contributed by atoms with E-state index in [9.17, 15) is 0 Å². The molecule has 25 heavy (non-hydrogen) atoms. The van der Waals surface area contributed by atoms with Crippen LogP contribution in [0.15, 0.2) is 24.7 Å². The van der Waals surface area contributed by atoms with Crippen molar-refractivity contribution in [3.8, 4) is 11.8 Å². The van der Waals surface area contributed by atoms with E-state index in [0.29, 0.717) is 11.9 Å². The molecule has 0 aromatic carbocycles. The fourth-order valence-electron chi connectivity index (χ4n) is 3.04. The van der Waals surface area contributed by atoms with Gasteiger partial charge >= 0.3 is 0 Å². The Balaban J connectivity index is 1.91. The third-order valence-electron chi connectivity index (χ3n) is 4.56. The lowest BCUT2D eigenvalue weighted by Crippen LogP contribution is -2.42. The Morgan fingerprint density at radius 3 is 2.64 bits per heavy atom. The van der Waals surface area contributed by atoms with Gasteiger partial charge in [-0.3, -0.25) is 0 Å². The number of nitrogens with one attached hydrogen (secondary N) is 1. The zero-order chi connectivity index (χ0) is 17.6. The van der Waals surface area contributed by atoms with Crippen LogP contribution in [0.25, 0.3) is 0 Å². The van der Waals surface area contributed by atoms with Crippen molar-refractivity contribution in [3.05, 3.63) is 41.5 Å². The van der Waals surface area contributed by atoms with Gasteiger partial charge < -0.3 is 16.0 Å². The molecule has 130 valence electrons. The summed E-state index contributed by atoms with van der Waals surface area (Å²) in [6.07, 6.45) is 6.38. The van der Waals surface area contributed by atoms with Crippen molar-refractivity contribution >= 4 is 11.6 Å². The molecule has 3 rings (SSSR count). The van der Waals surface area contributed by atoms with Crippen LogP contribution in [0.1, 0.15) is 36.6 Å².